The van der Waals surface area contributed by atoms with E-state index in [4.69, 9.17) is 17.3 Å². The zero-order valence-corrected chi connectivity index (χ0v) is 13.1. The predicted molar refractivity (Wildman–Crippen MR) is 85.2 cm³/mol. The molecule has 0 spiro atoms. The van der Waals surface area contributed by atoms with Gasteiger partial charge in [-0.3, -0.25) is 4.79 Å². The molecule has 0 fully saturated rings. The molecule has 0 saturated heterocycles. The Labute approximate surface area is 129 Å². The predicted octanol–water partition coefficient (Wildman–Crippen LogP) is 3.51. The van der Waals surface area contributed by atoms with E-state index in [1.165, 1.54) is 4.90 Å². The number of thioether (sulfide) groups is 1. The number of unbranched alkanes of at least 4 members (excludes halogenated alkanes) is 2. The SMILES string of the molecule is NCCCCCC(=O)NC1CCSc2ccc(Cl)cc21. The molecule has 2 rings (SSSR count). The van der Waals surface area contributed by atoms with E-state index in [1.54, 1.807) is 0 Å². The van der Waals surface area contributed by atoms with Gasteiger partial charge in [-0.05, 0) is 49.6 Å². The van der Waals surface area contributed by atoms with Crippen molar-refractivity contribution in [2.75, 3.05) is 12.3 Å². The maximum atomic E-state index is 12.0. The number of halogens is 1. The van der Waals surface area contributed by atoms with Crippen molar-refractivity contribution >= 4 is 29.3 Å². The lowest BCUT2D eigenvalue weighted by Gasteiger charge is -2.26. The van der Waals surface area contributed by atoms with Gasteiger partial charge < -0.3 is 11.1 Å². The summed E-state index contributed by atoms with van der Waals surface area (Å²) >= 11 is 7.89. The van der Waals surface area contributed by atoms with Crippen molar-refractivity contribution < 1.29 is 4.79 Å². The zero-order valence-electron chi connectivity index (χ0n) is 11.5. The second-order valence-corrected chi connectivity index (χ2v) is 6.61. The molecule has 1 aromatic rings. The standard InChI is InChI=1S/C15H21ClN2OS/c16-11-5-6-14-12(10-11)13(7-9-20-14)18-15(19)4-2-1-3-8-17/h5-6,10,13H,1-4,7-9,17H2,(H,18,19). The average Bonchev–Trinajstić information content (AvgIpc) is 2.44. The van der Waals surface area contributed by atoms with Crippen LogP contribution in [0.4, 0.5) is 0 Å². The molecule has 5 heteroatoms. The van der Waals surface area contributed by atoms with Gasteiger partial charge in [0.2, 0.25) is 5.91 Å². The van der Waals surface area contributed by atoms with Crippen LogP contribution in [0.1, 0.15) is 43.7 Å². The fourth-order valence-corrected chi connectivity index (χ4v) is 3.67. The molecule has 0 aromatic heterocycles. The topological polar surface area (TPSA) is 55.1 Å². The lowest BCUT2D eigenvalue weighted by molar-refractivity contribution is -0.122. The Bertz CT molecular complexity index is 467. The van der Waals surface area contributed by atoms with Gasteiger partial charge in [0.05, 0.1) is 6.04 Å². The van der Waals surface area contributed by atoms with E-state index in [0.717, 1.165) is 42.0 Å². The highest BCUT2D eigenvalue weighted by molar-refractivity contribution is 7.99. The molecule has 0 aliphatic carbocycles. The van der Waals surface area contributed by atoms with Gasteiger partial charge in [-0.2, -0.15) is 0 Å². The van der Waals surface area contributed by atoms with Gasteiger partial charge in [0.25, 0.3) is 0 Å². The van der Waals surface area contributed by atoms with E-state index in [9.17, 15) is 4.79 Å². The van der Waals surface area contributed by atoms with E-state index >= 15 is 0 Å². The molecule has 1 atom stereocenters. The van der Waals surface area contributed by atoms with E-state index in [1.807, 2.05) is 30.0 Å². The molecule has 20 heavy (non-hydrogen) atoms. The lowest BCUT2D eigenvalue weighted by Crippen LogP contribution is -2.30. The maximum absolute atomic E-state index is 12.0. The summed E-state index contributed by atoms with van der Waals surface area (Å²) < 4.78 is 0. The average molecular weight is 313 g/mol. The molecule has 110 valence electrons. The van der Waals surface area contributed by atoms with Crippen LogP contribution in [0.25, 0.3) is 0 Å². The summed E-state index contributed by atoms with van der Waals surface area (Å²) in [5.74, 6) is 1.16. The monoisotopic (exact) mass is 312 g/mol. The summed E-state index contributed by atoms with van der Waals surface area (Å²) in [4.78, 5) is 13.2. The molecule has 1 aromatic carbocycles. The highest BCUT2D eigenvalue weighted by Gasteiger charge is 2.22. The molecule has 1 amide bonds. The number of nitrogens with two attached hydrogens (primary N) is 1. The van der Waals surface area contributed by atoms with Crippen LogP contribution in [-0.2, 0) is 4.79 Å². The zero-order chi connectivity index (χ0) is 14.4. The Balaban J connectivity index is 1.91. The molecule has 3 nitrogen and oxygen atoms in total. The number of nitrogens with one attached hydrogen (secondary N) is 1. The van der Waals surface area contributed by atoms with Gasteiger partial charge in [0.15, 0.2) is 0 Å². The summed E-state index contributed by atoms with van der Waals surface area (Å²) in [5.41, 5.74) is 6.60. The van der Waals surface area contributed by atoms with Crippen LogP contribution in [0.5, 0.6) is 0 Å². The van der Waals surface area contributed by atoms with Crippen molar-refractivity contribution in [1.29, 1.82) is 0 Å². The molecule has 0 radical (unpaired) electrons. The van der Waals surface area contributed by atoms with Crippen molar-refractivity contribution in [3.8, 4) is 0 Å². The summed E-state index contributed by atoms with van der Waals surface area (Å²) in [5, 5.41) is 3.87. The van der Waals surface area contributed by atoms with Gasteiger partial charge in [-0.1, -0.05) is 18.0 Å². The number of hydrogen-bond donors (Lipinski definition) is 2. The molecular weight excluding hydrogens is 292 g/mol. The molecule has 0 saturated carbocycles. The summed E-state index contributed by atoms with van der Waals surface area (Å²) in [6.45, 7) is 0.702. The first-order valence-electron chi connectivity index (χ1n) is 7.12. The number of amides is 1. The van der Waals surface area contributed by atoms with Crippen LogP contribution in [0, 0.1) is 0 Å². The van der Waals surface area contributed by atoms with Crippen molar-refractivity contribution in [3.63, 3.8) is 0 Å². The Hall–Kier alpha value is -0.710. The van der Waals surface area contributed by atoms with E-state index < -0.39 is 0 Å². The van der Waals surface area contributed by atoms with Crippen LogP contribution in [-0.4, -0.2) is 18.2 Å². The van der Waals surface area contributed by atoms with Crippen molar-refractivity contribution in [2.24, 2.45) is 5.73 Å². The third-order valence-corrected chi connectivity index (χ3v) is 4.81. The molecular formula is C15H21ClN2OS. The molecule has 3 N–H and O–H groups in total. The largest absolute Gasteiger partial charge is 0.349 e. The third kappa shape index (κ3) is 4.40. The first-order chi connectivity index (χ1) is 9.70. The quantitative estimate of drug-likeness (QED) is 0.790. The minimum Gasteiger partial charge on any atom is -0.349 e. The van der Waals surface area contributed by atoms with Crippen molar-refractivity contribution in [1.82, 2.24) is 5.32 Å². The second kappa shape index (κ2) is 7.91. The van der Waals surface area contributed by atoms with Crippen molar-refractivity contribution in [2.45, 2.75) is 43.0 Å². The summed E-state index contributed by atoms with van der Waals surface area (Å²) in [7, 11) is 0. The van der Waals surface area contributed by atoms with E-state index in [-0.39, 0.29) is 11.9 Å². The second-order valence-electron chi connectivity index (χ2n) is 5.04. The van der Waals surface area contributed by atoms with Crippen molar-refractivity contribution in [3.05, 3.63) is 28.8 Å². The Kier molecular flexibility index (Phi) is 6.20. The van der Waals surface area contributed by atoms with Crippen LogP contribution >= 0.6 is 23.4 Å². The van der Waals surface area contributed by atoms with Gasteiger partial charge in [0.1, 0.15) is 0 Å². The molecule has 1 unspecified atom stereocenters. The molecule has 1 aliphatic heterocycles. The Morgan fingerprint density at radius 1 is 1.40 bits per heavy atom. The smallest absolute Gasteiger partial charge is 0.220 e. The fraction of sp³-hybridized carbons (Fsp3) is 0.533. The highest BCUT2D eigenvalue weighted by atomic mass is 35.5. The highest BCUT2D eigenvalue weighted by Crippen LogP contribution is 2.37. The molecule has 1 aliphatic rings. The number of carbonyl (C=O) groups is 1. The van der Waals surface area contributed by atoms with Gasteiger partial charge >= 0.3 is 0 Å². The third-order valence-electron chi connectivity index (χ3n) is 3.45. The number of fused-ring (bicyclic) bond motifs is 1. The minimum atomic E-state index is 0.104. The number of carbonyl (C=O) groups excluding carboxylic acids is 1. The van der Waals surface area contributed by atoms with Crippen LogP contribution in [0.2, 0.25) is 5.02 Å². The van der Waals surface area contributed by atoms with Crippen LogP contribution in [0.3, 0.4) is 0 Å². The van der Waals surface area contributed by atoms with Crippen LogP contribution in [0.15, 0.2) is 23.1 Å². The van der Waals surface area contributed by atoms with E-state index in [2.05, 4.69) is 5.32 Å². The number of hydrogen-bond acceptors (Lipinski definition) is 3. The molecule has 0 bridgehead atoms. The first kappa shape index (κ1) is 15.7. The van der Waals surface area contributed by atoms with Gasteiger partial charge in [0, 0.05) is 22.1 Å². The summed E-state index contributed by atoms with van der Waals surface area (Å²) in [6, 6.07) is 6.03. The first-order valence-corrected chi connectivity index (χ1v) is 8.48. The van der Waals surface area contributed by atoms with Gasteiger partial charge in [-0.25, -0.2) is 0 Å². The Morgan fingerprint density at radius 3 is 3.05 bits per heavy atom. The maximum Gasteiger partial charge on any atom is 0.220 e. The normalized spacial score (nSPS) is 17.6. The van der Waals surface area contributed by atoms with Crippen LogP contribution < -0.4 is 11.1 Å². The lowest BCUT2D eigenvalue weighted by atomic mass is 10.0. The minimum absolute atomic E-state index is 0.104. The fourth-order valence-electron chi connectivity index (χ4n) is 2.39. The molecule has 1 heterocycles. The Morgan fingerprint density at radius 2 is 2.25 bits per heavy atom. The number of rotatable bonds is 6. The van der Waals surface area contributed by atoms with E-state index in [0.29, 0.717) is 13.0 Å². The number of benzene rings is 1. The van der Waals surface area contributed by atoms with Gasteiger partial charge in [-0.15, -0.1) is 11.8 Å². The summed E-state index contributed by atoms with van der Waals surface area (Å²) in [6.07, 6.45) is 4.47.